The predicted octanol–water partition coefficient (Wildman–Crippen LogP) is 3.85. The Kier molecular flexibility index (Phi) is 4.19. The Morgan fingerprint density at radius 2 is 2.21 bits per heavy atom. The maximum atomic E-state index is 10.9. The average molecular weight is 295 g/mol. The van der Waals surface area contributed by atoms with Crippen molar-refractivity contribution in [2.75, 3.05) is 5.43 Å². The minimum absolute atomic E-state index is 0.161. The molecule has 0 aliphatic rings. The molecule has 2 aromatic rings. The van der Waals surface area contributed by atoms with Crippen LogP contribution in [0.2, 0.25) is 5.02 Å². The van der Waals surface area contributed by atoms with Crippen molar-refractivity contribution < 1.29 is 9.90 Å². The third-order valence-corrected chi connectivity index (χ3v) is 3.62. The second-order valence-corrected chi connectivity index (χ2v) is 5.54. The van der Waals surface area contributed by atoms with Crippen molar-refractivity contribution in [3.63, 3.8) is 0 Å². The van der Waals surface area contributed by atoms with Crippen molar-refractivity contribution in [2.45, 2.75) is 6.92 Å². The summed E-state index contributed by atoms with van der Waals surface area (Å²) in [4.78, 5) is 13.1. The number of halogens is 1. The largest absolute Gasteiger partial charge is 0.478 e. The third kappa shape index (κ3) is 3.56. The zero-order chi connectivity index (χ0) is 13.8. The van der Waals surface area contributed by atoms with E-state index in [-0.39, 0.29) is 5.56 Å². The van der Waals surface area contributed by atoms with Crippen LogP contribution in [0.15, 0.2) is 35.4 Å². The van der Waals surface area contributed by atoms with Gasteiger partial charge in [0.05, 0.1) is 22.5 Å². The van der Waals surface area contributed by atoms with Gasteiger partial charge in [0.15, 0.2) is 0 Å². The lowest BCUT2D eigenvalue weighted by Crippen LogP contribution is -1.98. The molecule has 0 aliphatic carbocycles. The number of nitrogens with zero attached hydrogens (tertiary/aromatic N) is 1. The first-order valence-electron chi connectivity index (χ1n) is 5.44. The summed E-state index contributed by atoms with van der Waals surface area (Å²) in [5.74, 6) is -1.00. The van der Waals surface area contributed by atoms with E-state index in [0.29, 0.717) is 10.7 Å². The topological polar surface area (TPSA) is 61.7 Å². The van der Waals surface area contributed by atoms with Gasteiger partial charge in [-0.2, -0.15) is 5.10 Å². The molecule has 0 radical (unpaired) electrons. The molecule has 1 aromatic carbocycles. The van der Waals surface area contributed by atoms with Crippen LogP contribution in [0.25, 0.3) is 0 Å². The Bertz CT molecular complexity index is 637. The quantitative estimate of drug-likeness (QED) is 0.665. The molecule has 19 heavy (non-hydrogen) atoms. The molecule has 0 saturated carbocycles. The number of hydrogen-bond acceptors (Lipinski definition) is 4. The van der Waals surface area contributed by atoms with E-state index in [0.717, 1.165) is 4.88 Å². The van der Waals surface area contributed by atoms with Crippen molar-refractivity contribution in [1.29, 1.82) is 0 Å². The second-order valence-electron chi connectivity index (χ2n) is 3.82. The number of aryl methyl sites for hydroxylation is 1. The molecule has 0 unspecified atom stereocenters. The van der Waals surface area contributed by atoms with Crippen LogP contribution in [0, 0.1) is 6.92 Å². The number of benzene rings is 1. The van der Waals surface area contributed by atoms with E-state index < -0.39 is 5.97 Å². The molecule has 0 atom stereocenters. The number of carboxylic acid groups (broad SMARTS) is 1. The van der Waals surface area contributed by atoms with Gasteiger partial charge < -0.3 is 5.11 Å². The maximum Gasteiger partial charge on any atom is 0.335 e. The fraction of sp³-hybridized carbons (Fsp3) is 0.0769. The number of carboxylic acids is 1. The molecule has 0 spiro atoms. The standard InChI is InChI=1S/C13H11ClN2O2S/c1-8-2-4-10(19-8)7-15-16-12-6-9(13(17)18)3-5-11(12)14/h2-7,16H,1H3,(H,17,18)/b15-7-. The summed E-state index contributed by atoms with van der Waals surface area (Å²) in [5.41, 5.74) is 3.37. The van der Waals surface area contributed by atoms with Gasteiger partial charge in [0.2, 0.25) is 0 Å². The van der Waals surface area contributed by atoms with E-state index >= 15 is 0 Å². The summed E-state index contributed by atoms with van der Waals surface area (Å²) in [6.07, 6.45) is 1.67. The highest BCUT2D eigenvalue weighted by Gasteiger charge is 2.06. The first-order chi connectivity index (χ1) is 9.06. The highest BCUT2D eigenvalue weighted by atomic mass is 35.5. The summed E-state index contributed by atoms with van der Waals surface area (Å²) < 4.78 is 0. The monoisotopic (exact) mass is 294 g/mol. The molecule has 1 heterocycles. The van der Waals surface area contributed by atoms with Crippen LogP contribution in [-0.4, -0.2) is 17.3 Å². The normalized spacial score (nSPS) is 10.8. The molecular weight excluding hydrogens is 284 g/mol. The lowest BCUT2D eigenvalue weighted by atomic mass is 10.2. The fourth-order valence-corrected chi connectivity index (χ4v) is 2.34. The Labute approximate surface area is 119 Å². The summed E-state index contributed by atoms with van der Waals surface area (Å²) in [6.45, 7) is 2.02. The first kappa shape index (κ1) is 13.6. The minimum Gasteiger partial charge on any atom is -0.478 e. The zero-order valence-corrected chi connectivity index (χ0v) is 11.6. The molecule has 1 aromatic heterocycles. The SMILES string of the molecule is Cc1ccc(/C=N\Nc2cc(C(=O)O)ccc2Cl)s1. The van der Waals surface area contributed by atoms with Crippen LogP contribution in [-0.2, 0) is 0 Å². The smallest absolute Gasteiger partial charge is 0.335 e. The molecule has 6 heteroatoms. The third-order valence-electron chi connectivity index (χ3n) is 2.35. The molecular formula is C13H11ClN2O2S. The zero-order valence-electron chi connectivity index (χ0n) is 10.1. The molecule has 0 bridgehead atoms. The molecule has 2 rings (SSSR count). The second kappa shape index (κ2) is 5.86. The van der Waals surface area contributed by atoms with Crippen molar-refractivity contribution in [3.05, 3.63) is 50.7 Å². The molecule has 0 fully saturated rings. The van der Waals surface area contributed by atoms with Gasteiger partial charge in [-0.15, -0.1) is 11.3 Å². The van der Waals surface area contributed by atoms with Gasteiger partial charge in [0.25, 0.3) is 0 Å². The van der Waals surface area contributed by atoms with Crippen molar-refractivity contribution in [3.8, 4) is 0 Å². The number of thiophene rings is 1. The van der Waals surface area contributed by atoms with Gasteiger partial charge in [-0.05, 0) is 37.3 Å². The van der Waals surface area contributed by atoms with Crippen LogP contribution in [0.5, 0.6) is 0 Å². The van der Waals surface area contributed by atoms with Crippen molar-refractivity contribution >= 4 is 40.8 Å². The van der Waals surface area contributed by atoms with Gasteiger partial charge in [0, 0.05) is 9.75 Å². The van der Waals surface area contributed by atoms with E-state index in [2.05, 4.69) is 10.5 Å². The van der Waals surface area contributed by atoms with Gasteiger partial charge in [-0.25, -0.2) is 4.79 Å². The molecule has 2 N–H and O–H groups in total. The van der Waals surface area contributed by atoms with Gasteiger partial charge >= 0.3 is 5.97 Å². The van der Waals surface area contributed by atoms with Gasteiger partial charge in [-0.1, -0.05) is 11.6 Å². The Hall–Kier alpha value is -1.85. The van der Waals surface area contributed by atoms with E-state index in [9.17, 15) is 4.79 Å². The number of carbonyl (C=O) groups is 1. The average Bonchev–Trinajstić information content (AvgIpc) is 2.77. The van der Waals surface area contributed by atoms with Crippen LogP contribution >= 0.6 is 22.9 Å². The maximum absolute atomic E-state index is 10.9. The molecule has 4 nitrogen and oxygen atoms in total. The summed E-state index contributed by atoms with van der Waals surface area (Å²) in [6, 6.07) is 8.38. The predicted molar refractivity (Wildman–Crippen MR) is 78.7 cm³/mol. The molecule has 0 amide bonds. The highest BCUT2D eigenvalue weighted by molar-refractivity contribution is 7.13. The fourth-order valence-electron chi connectivity index (χ4n) is 1.43. The number of aromatic carboxylic acids is 1. The van der Waals surface area contributed by atoms with Crippen molar-refractivity contribution in [1.82, 2.24) is 0 Å². The van der Waals surface area contributed by atoms with Crippen LogP contribution < -0.4 is 5.43 Å². The molecule has 0 saturated heterocycles. The molecule has 98 valence electrons. The van der Waals surface area contributed by atoms with E-state index in [1.807, 2.05) is 19.1 Å². The number of anilines is 1. The summed E-state index contributed by atoms with van der Waals surface area (Å²) in [5, 5.41) is 13.4. The van der Waals surface area contributed by atoms with Gasteiger partial charge in [-0.3, -0.25) is 5.43 Å². The number of hydrogen-bond donors (Lipinski definition) is 2. The Morgan fingerprint density at radius 1 is 1.42 bits per heavy atom. The van der Waals surface area contributed by atoms with Crippen LogP contribution in [0.1, 0.15) is 20.1 Å². The Balaban J connectivity index is 2.12. The number of rotatable bonds is 4. The highest BCUT2D eigenvalue weighted by Crippen LogP contribution is 2.23. The van der Waals surface area contributed by atoms with Crippen molar-refractivity contribution in [2.24, 2.45) is 5.10 Å². The van der Waals surface area contributed by atoms with E-state index in [1.54, 1.807) is 17.6 Å². The molecule has 0 aliphatic heterocycles. The summed E-state index contributed by atoms with van der Waals surface area (Å²) in [7, 11) is 0. The Morgan fingerprint density at radius 3 is 2.84 bits per heavy atom. The lowest BCUT2D eigenvalue weighted by Gasteiger charge is -2.04. The first-order valence-corrected chi connectivity index (χ1v) is 6.64. The van der Waals surface area contributed by atoms with Gasteiger partial charge in [0.1, 0.15) is 0 Å². The number of nitrogens with one attached hydrogen (secondary N) is 1. The number of hydrazone groups is 1. The van der Waals surface area contributed by atoms with E-state index in [4.69, 9.17) is 16.7 Å². The minimum atomic E-state index is -1.00. The van der Waals surface area contributed by atoms with Crippen LogP contribution in [0.4, 0.5) is 5.69 Å². The summed E-state index contributed by atoms with van der Waals surface area (Å²) >= 11 is 7.58. The van der Waals surface area contributed by atoms with Crippen LogP contribution in [0.3, 0.4) is 0 Å². The lowest BCUT2D eigenvalue weighted by molar-refractivity contribution is 0.0697. The van der Waals surface area contributed by atoms with E-state index in [1.165, 1.54) is 23.1 Å².